The van der Waals surface area contributed by atoms with Gasteiger partial charge in [-0.1, -0.05) is 49.7 Å². The predicted octanol–water partition coefficient (Wildman–Crippen LogP) is 7.60. The van der Waals surface area contributed by atoms with Crippen molar-refractivity contribution in [3.63, 3.8) is 0 Å². The normalized spacial score (nSPS) is 15.6. The Morgan fingerprint density at radius 1 is 0.794 bits per heavy atom. The van der Waals surface area contributed by atoms with E-state index in [1.54, 1.807) is 13.8 Å². The molecule has 0 unspecified atom stereocenters. The average molecular weight is 476 g/mol. The molecule has 1 fully saturated rings. The topological polar surface area (TPSA) is 35.5 Å². The Morgan fingerprint density at radius 2 is 1.29 bits per heavy atom. The van der Waals surface area contributed by atoms with Crippen molar-refractivity contribution in [1.29, 1.82) is 0 Å². The molecule has 3 aromatic rings. The molecule has 0 radical (unpaired) electrons. The van der Waals surface area contributed by atoms with Crippen LogP contribution in [0, 0.1) is 0 Å². The summed E-state index contributed by atoms with van der Waals surface area (Å²) in [4.78, 5) is 16.8. The summed E-state index contributed by atoms with van der Waals surface area (Å²) in [6.45, 7) is 5.71. The summed E-state index contributed by atoms with van der Waals surface area (Å²) in [5.74, 6) is 0.387. The highest BCUT2D eigenvalue weighted by Crippen LogP contribution is 2.36. The van der Waals surface area contributed by atoms with E-state index in [0.29, 0.717) is 5.75 Å². The number of carbonyl (C=O) groups is 1. The highest BCUT2D eigenvalue weighted by Gasteiger charge is 2.40. The lowest BCUT2D eigenvalue weighted by Gasteiger charge is -2.38. The van der Waals surface area contributed by atoms with Crippen molar-refractivity contribution in [3.05, 3.63) is 84.9 Å². The molecule has 0 saturated heterocycles. The molecule has 1 aliphatic rings. The third-order valence-electron chi connectivity index (χ3n) is 6.60. The van der Waals surface area contributed by atoms with Crippen LogP contribution in [0.4, 0.5) is 0 Å². The van der Waals surface area contributed by atoms with E-state index in [9.17, 15) is 4.79 Å². The van der Waals surface area contributed by atoms with Gasteiger partial charge in [-0.2, -0.15) is 0 Å². The Balaban J connectivity index is 1.51. The van der Waals surface area contributed by atoms with Crippen LogP contribution in [0.25, 0.3) is 0 Å². The monoisotopic (exact) mass is 475 g/mol. The molecule has 4 heteroatoms. The van der Waals surface area contributed by atoms with E-state index >= 15 is 0 Å². The summed E-state index contributed by atoms with van der Waals surface area (Å²) in [6, 6.07) is 29.3. The standard InChI is InChI=1S/C30H35O3S/c1-4-30(22-12-7-13-23-30)33-28(31)29(2,3)32-24-18-20-27(21-19-24)34(25-14-8-5-9-15-25)26-16-10-6-11-17-26/h5-6,8-11,14-21H,4,7,12-13,22-23H2,1-3H3/q+1. The minimum absolute atomic E-state index is 0.214. The van der Waals surface area contributed by atoms with Gasteiger partial charge in [-0.3, -0.25) is 0 Å². The Labute approximate surface area is 206 Å². The van der Waals surface area contributed by atoms with Gasteiger partial charge in [0.2, 0.25) is 0 Å². The van der Waals surface area contributed by atoms with Crippen molar-refractivity contribution in [2.75, 3.05) is 0 Å². The van der Waals surface area contributed by atoms with Gasteiger partial charge in [0.15, 0.2) is 20.3 Å². The first-order valence-electron chi connectivity index (χ1n) is 12.3. The van der Waals surface area contributed by atoms with Crippen LogP contribution < -0.4 is 4.74 Å². The van der Waals surface area contributed by atoms with Crippen LogP contribution in [-0.4, -0.2) is 17.2 Å². The summed E-state index contributed by atoms with van der Waals surface area (Å²) in [7, 11) is -0.214. The van der Waals surface area contributed by atoms with Crippen molar-refractivity contribution in [3.8, 4) is 5.75 Å². The highest BCUT2D eigenvalue weighted by atomic mass is 32.2. The maximum Gasteiger partial charge on any atom is 0.350 e. The van der Waals surface area contributed by atoms with Gasteiger partial charge in [-0.05, 0) is 94.5 Å². The van der Waals surface area contributed by atoms with Crippen LogP contribution in [0.1, 0.15) is 59.3 Å². The zero-order valence-corrected chi connectivity index (χ0v) is 21.3. The molecule has 1 saturated carbocycles. The van der Waals surface area contributed by atoms with Crippen molar-refractivity contribution in [2.24, 2.45) is 0 Å². The second kappa shape index (κ2) is 10.7. The van der Waals surface area contributed by atoms with Crippen LogP contribution in [0.2, 0.25) is 0 Å². The van der Waals surface area contributed by atoms with Crippen LogP contribution in [0.3, 0.4) is 0 Å². The third-order valence-corrected chi connectivity index (χ3v) is 8.83. The second-order valence-electron chi connectivity index (χ2n) is 9.50. The van der Waals surface area contributed by atoms with Crippen LogP contribution in [-0.2, 0) is 20.4 Å². The summed E-state index contributed by atoms with van der Waals surface area (Å²) in [5, 5.41) is 0. The molecule has 0 spiro atoms. The zero-order chi connectivity index (χ0) is 24.0. The van der Waals surface area contributed by atoms with Gasteiger partial charge in [0.1, 0.15) is 11.4 Å². The number of ether oxygens (including phenoxy) is 2. The summed E-state index contributed by atoms with van der Waals surface area (Å²) in [6.07, 6.45) is 6.20. The second-order valence-corrected chi connectivity index (χ2v) is 11.5. The minimum atomic E-state index is -1.05. The lowest BCUT2D eigenvalue weighted by molar-refractivity contribution is -0.179. The molecule has 0 bridgehead atoms. The largest absolute Gasteiger partial charge is 0.476 e. The Kier molecular flexibility index (Phi) is 7.67. The molecule has 0 aromatic heterocycles. The lowest BCUT2D eigenvalue weighted by Crippen LogP contribution is -2.46. The first-order valence-corrected chi connectivity index (χ1v) is 13.5. The molecule has 0 amide bonds. The lowest BCUT2D eigenvalue weighted by atomic mass is 9.82. The van der Waals surface area contributed by atoms with E-state index in [4.69, 9.17) is 9.47 Å². The number of benzene rings is 3. The van der Waals surface area contributed by atoms with Crippen molar-refractivity contribution >= 4 is 16.9 Å². The molecule has 0 atom stereocenters. The molecular weight excluding hydrogens is 440 g/mol. The fourth-order valence-electron chi connectivity index (χ4n) is 4.54. The Hall–Kier alpha value is -2.72. The minimum Gasteiger partial charge on any atom is -0.476 e. The highest BCUT2D eigenvalue weighted by molar-refractivity contribution is 7.97. The third kappa shape index (κ3) is 5.67. The maximum absolute atomic E-state index is 13.1. The fourth-order valence-corrected chi connectivity index (χ4v) is 6.63. The van der Waals surface area contributed by atoms with Gasteiger partial charge < -0.3 is 9.47 Å². The van der Waals surface area contributed by atoms with Gasteiger partial charge in [0.25, 0.3) is 0 Å². The van der Waals surface area contributed by atoms with E-state index in [-0.39, 0.29) is 22.5 Å². The van der Waals surface area contributed by atoms with E-state index in [2.05, 4.69) is 67.6 Å². The molecule has 0 heterocycles. The molecule has 3 nitrogen and oxygen atoms in total. The fraction of sp³-hybridized carbons (Fsp3) is 0.367. The quantitative estimate of drug-likeness (QED) is 0.249. The van der Waals surface area contributed by atoms with Crippen LogP contribution in [0.15, 0.2) is 99.6 Å². The summed E-state index contributed by atoms with van der Waals surface area (Å²) in [5.41, 5.74) is -1.39. The van der Waals surface area contributed by atoms with E-state index in [0.717, 1.165) is 32.1 Å². The van der Waals surface area contributed by atoms with E-state index in [1.807, 2.05) is 24.3 Å². The molecule has 4 rings (SSSR count). The number of hydrogen-bond acceptors (Lipinski definition) is 3. The average Bonchev–Trinajstić information content (AvgIpc) is 2.87. The summed E-state index contributed by atoms with van der Waals surface area (Å²) < 4.78 is 12.2. The number of hydrogen-bond donors (Lipinski definition) is 0. The predicted molar refractivity (Wildman–Crippen MR) is 138 cm³/mol. The molecule has 0 aliphatic heterocycles. The smallest absolute Gasteiger partial charge is 0.350 e. The van der Waals surface area contributed by atoms with Crippen molar-refractivity contribution < 1.29 is 14.3 Å². The number of esters is 1. The van der Waals surface area contributed by atoms with E-state index in [1.165, 1.54) is 21.1 Å². The molecular formula is C30H35O3S+. The van der Waals surface area contributed by atoms with E-state index < -0.39 is 5.60 Å². The first-order chi connectivity index (χ1) is 16.4. The van der Waals surface area contributed by atoms with Crippen LogP contribution in [0.5, 0.6) is 5.75 Å². The van der Waals surface area contributed by atoms with Gasteiger partial charge in [-0.25, -0.2) is 4.79 Å². The molecule has 34 heavy (non-hydrogen) atoms. The molecule has 178 valence electrons. The molecule has 3 aromatic carbocycles. The van der Waals surface area contributed by atoms with Gasteiger partial charge in [0.05, 0.1) is 10.9 Å². The SMILES string of the molecule is CCC1(OC(=O)C(C)(C)Oc2ccc([S+](c3ccccc3)c3ccccc3)cc2)CCCCC1. The Morgan fingerprint density at radius 3 is 1.79 bits per heavy atom. The van der Waals surface area contributed by atoms with Crippen LogP contribution >= 0.6 is 0 Å². The Bertz CT molecular complexity index is 1020. The van der Waals surface area contributed by atoms with Crippen molar-refractivity contribution in [2.45, 2.75) is 85.2 Å². The first kappa shape index (κ1) is 24.4. The molecule has 1 aliphatic carbocycles. The van der Waals surface area contributed by atoms with Gasteiger partial charge >= 0.3 is 5.97 Å². The zero-order valence-electron chi connectivity index (χ0n) is 20.5. The summed E-state index contributed by atoms with van der Waals surface area (Å²) >= 11 is 0. The van der Waals surface area contributed by atoms with Gasteiger partial charge in [0, 0.05) is 0 Å². The molecule has 0 N–H and O–H groups in total. The number of carbonyl (C=O) groups excluding carboxylic acids is 1. The van der Waals surface area contributed by atoms with Gasteiger partial charge in [-0.15, -0.1) is 0 Å². The van der Waals surface area contributed by atoms with Crippen molar-refractivity contribution in [1.82, 2.24) is 0 Å². The maximum atomic E-state index is 13.1. The number of rotatable bonds is 8.